The van der Waals surface area contributed by atoms with Crippen LogP contribution in [-0.4, -0.2) is 39.1 Å². The quantitative estimate of drug-likeness (QED) is 0.317. The molecule has 0 aromatic carbocycles. The Hall–Kier alpha value is -0.120. The summed E-state index contributed by atoms with van der Waals surface area (Å²) in [5, 5.41) is 0. The number of methoxy groups -OCH3 is 1. The molecular formula is C22H44O3. The van der Waals surface area contributed by atoms with Gasteiger partial charge in [-0.1, -0.05) is 52.4 Å². The van der Waals surface area contributed by atoms with Crippen molar-refractivity contribution in [1.82, 2.24) is 0 Å². The molecule has 0 bridgehead atoms. The molecule has 3 nitrogen and oxygen atoms in total. The number of hydrogen-bond acceptors (Lipinski definition) is 3. The SMILES string of the molecule is CCCCCCCCC(CCCOCC1(CC)COC1)C(C)(C)OC. The van der Waals surface area contributed by atoms with E-state index in [4.69, 9.17) is 14.2 Å². The van der Waals surface area contributed by atoms with Crippen LogP contribution in [0.15, 0.2) is 0 Å². The van der Waals surface area contributed by atoms with Crippen LogP contribution in [0.25, 0.3) is 0 Å². The van der Waals surface area contributed by atoms with E-state index in [1.54, 1.807) is 0 Å². The zero-order chi connectivity index (χ0) is 18.6. The highest BCUT2D eigenvalue weighted by atomic mass is 16.5. The van der Waals surface area contributed by atoms with Gasteiger partial charge in [0.25, 0.3) is 0 Å². The van der Waals surface area contributed by atoms with Crippen molar-refractivity contribution in [2.45, 2.75) is 97.5 Å². The Balaban J connectivity index is 2.21. The van der Waals surface area contributed by atoms with Gasteiger partial charge in [-0.25, -0.2) is 0 Å². The van der Waals surface area contributed by atoms with E-state index < -0.39 is 0 Å². The normalized spacial score (nSPS) is 18.1. The molecule has 0 aromatic heterocycles. The molecule has 0 aromatic rings. The van der Waals surface area contributed by atoms with Gasteiger partial charge in [0.05, 0.1) is 25.4 Å². The second-order valence-electron chi connectivity index (χ2n) is 8.60. The first kappa shape index (κ1) is 22.9. The van der Waals surface area contributed by atoms with E-state index in [0.717, 1.165) is 39.3 Å². The Bertz CT molecular complexity index is 318. The van der Waals surface area contributed by atoms with Crippen LogP contribution >= 0.6 is 0 Å². The van der Waals surface area contributed by atoms with Gasteiger partial charge in [0.15, 0.2) is 0 Å². The molecule has 1 aliphatic heterocycles. The summed E-state index contributed by atoms with van der Waals surface area (Å²) in [6, 6.07) is 0. The van der Waals surface area contributed by atoms with E-state index in [9.17, 15) is 0 Å². The first-order chi connectivity index (χ1) is 12.0. The molecule has 1 fully saturated rings. The van der Waals surface area contributed by atoms with Crippen LogP contribution < -0.4 is 0 Å². The van der Waals surface area contributed by atoms with E-state index >= 15 is 0 Å². The minimum Gasteiger partial charge on any atom is -0.381 e. The van der Waals surface area contributed by atoms with Gasteiger partial charge in [-0.05, 0) is 45.4 Å². The summed E-state index contributed by atoms with van der Waals surface area (Å²) in [7, 11) is 1.85. The van der Waals surface area contributed by atoms with Crippen LogP contribution in [0.3, 0.4) is 0 Å². The van der Waals surface area contributed by atoms with Crippen molar-refractivity contribution >= 4 is 0 Å². The van der Waals surface area contributed by atoms with Crippen LogP contribution in [0.5, 0.6) is 0 Å². The van der Waals surface area contributed by atoms with Crippen molar-refractivity contribution in [2.75, 3.05) is 33.5 Å². The third-order valence-corrected chi connectivity index (χ3v) is 6.23. The van der Waals surface area contributed by atoms with Crippen molar-refractivity contribution < 1.29 is 14.2 Å². The molecule has 1 aliphatic rings. The van der Waals surface area contributed by atoms with Gasteiger partial charge in [0, 0.05) is 19.1 Å². The summed E-state index contributed by atoms with van der Waals surface area (Å²) in [6.07, 6.45) is 13.0. The average Bonchev–Trinajstić information content (AvgIpc) is 2.57. The predicted octanol–water partition coefficient (Wildman–Crippen LogP) is 6.00. The van der Waals surface area contributed by atoms with E-state index in [-0.39, 0.29) is 5.60 Å². The summed E-state index contributed by atoms with van der Waals surface area (Å²) in [4.78, 5) is 0. The standard InChI is InChI=1S/C22H44O3/c1-6-8-9-10-11-12-14-20(21(3,4)23-5)15-13-16-24-17-22(7-2)18-25-19-22/h20H,6-19H2,1-5H3. The highest BCUT2D eigenvalue weighted by molar-refractivity contribution is 4.84. The third-order valence-electron chi connectivity index (χ3n) is 6.23. The molecule has 25 heavy (non-hydrogen) atoms. The van der Waals surface area contributed by atoms with Gasteiger partial charge < -0.3 is 14.2 Å². The number of ether oxygens (including phenoxy) is 3. The second kappa shape index (κ2) is 12.3. The summed E-state index contributed by atoms with van der Waals surface area (Å²) < 4.78 is 17.1. The van der Waals surface area contributed by atoms with Crippen LogP contribution in [0.2, 0.25) is 0 Å². The minimum atomic E-state index is -0.0319. The maximum atomic E-state index is 5.98. The first-order valence-corrected chi connectivity index (χ1v) is 10.7. The third kappa shape index (κ3) is 8.41. The number of rotatable bonds is 16. The van der Waals surface area contributed by atoms with E-state index in [2.05, 4.69) is 27.7 Å². The first-order valence-electron chi connectivity index (χ1n) is 10.7. The van der Waals surface area contributed by atoms with Gasteiger partial charge in [-0.2, -0.15) is 0 Å². The van der Waals surface area contributed by atoms with Crippen molar-refractivity contribution in [2.24, 2.45) is 11.3 Å². The molecule has 150 valence electrons. The minimum absolute atomic E-state index is 0.0319. The number of hydrogen-bond donors (Lipinski definition) is 0. The molecule has 1 atom stereocenters. The Morgan fingerprint density at radius 1 is 0.960 bits per heavy atom. The predicted molar refractivity (Wildman–Crippen MR) is 106 cm³/mol. The smallest absolute Gasteiger partial charge is 0.0650 e. The molecule has 3 heteroatoms. The van der Waals surface area contributed by atoms with Gasteiger partial charge in [0.2, 0.25) is 0 Å². The maximum absolute atomic E-state index is 5.98. The van der Waals surface area contributed by atoms with E-state index in [1.807, 2.05) is 7.11 Å². The van der Waals surface area contributed by atoms with Gasteiger partial charge in [-0.15, -0.1) is 0 Å². The lowest BCUT2D eigenvalue weighted by Gasteiger charge is -2.40. The van der Waals surface area contributed by atoms with Crippen molar-refractivity contribution in [3.63, 3.8) is 0 Å². The molecule has 0 aliphatic carbocycles. The molecule has 1 rings (SSSR count). The highest BCUT2D eigenvalue weighted by Crippen LogP contribution is 2.32. The molecule has 0 amide bonds. The monoisotopic (exact) mass is 356 g/mol. The molecular weight excluding hydrogens is 312 g/mol. The van der Waals surface area contributed by atoms with Crippen molar-refractivity contribution in [3.05, 3.63) is 0 Å². The fourth-order valence-corrected chi connectivity index (χ4v) is 3.68. The Labute approximate surface area is 157 Å². The van der Waals surface area contributed by atoms with Gasteiger partial charge in [-0.3, -0.25) is 0 Å². The van der Waals surface area contributed by atoms with Crippen LogP contribution in [0.4, 0.5) is 0 Å². The lowest BCUT2D eigenvalue weighted by molar-refractivity contribution is -0.150. The number of unbranched alkanes of at least 4 members (excludes halogenated alkanes) is 5. The summed E-state index contributed by atoms with van der Waals surface area (Å²) in [6.45, 7) is 12.5. The van der Waals surface area contributed by atoms with Crippen LogP contribution in [-0.2, 0) is 14.2 Å². The molecule has 1 unspecified atom stereocenters. The zero-order valence-corrected chi connectivity index (χ0v) is 17.7. The van der Waals surface area contributed by atoms with Gasteiger partial charge >= 0.3 is 0 Å². The largest absolute Gasteiger partial charge is 0.381 e. The molecule has 0 radical (unpaired) electrons. The zero-order valence-electron chi connectivity index (χ0n) is 17.7. The Morgan fingerprint density at radius 3 is 2.16 bits per heavy atom. The second-order valence-corrected chi connectivity index (χ2v) is 8.60. The highest BCUT2D eigenvalue weighted by Gasteiger charge is 2.37. The molecule has 1 saturated heterocycles. The summed E-state index contributed by atoms with van der Waals surface area (Å²) in [5.74, 6) is 0.624. The van der Waals surface area contributed by atoms with Crippen molar-refractivity contribution in [1.29, 1.82) is 0 Å². The fraction of sp³-hybridized carbons (Fsp3) is 1.00. The van der Waals surface area contributed by atoms with E-state index in [1.165, 1.54) is 51.4 Å². The molecule has 1 heterocycles. The Kier molecular flexibility index (Phi) is 11.3. The van der Waals surface area contributed by atoms with Crippen LogP contribution in [0.1, 0.15) is 91.9 Å². The van der Waals surface area contributed by atoms with Crippen molar-refractivity contribution in [3.8, 4) is 0 Å². The van der Waals surface area contributed by atoms with E-state index in [0.29, 0.717) is 11.3 Å². The molecule has 0 N–H and O–H groups in total. The Morgan fingerprint density at radius 2 is 1.60 bits per heavy atom. The average molecular weight is 357 g/mol. The molecule has 0 spiro atoms. The maximum Gasteiger partial charge on any atom is 0.0650 e. The lowest BCUT2D eigenvalue weighted by atomic mass is 9.82. The lowest BCUT2D eigenvalue weighted by Crippen LogP contribution is -2.45. The summed E-state index contributed by atoms with van der Waals surface area (Å²) in [5.41, 5.74) is 0.277. The fourth-order valence-electron chi connectivity index (χ4n) is 3.68. The molecule has 0 saturated carbocycles. The van der Waals surface area contributed by atoms with Crippen LogP contribution in [0, 0.1) is 11.3 Å². The topological polar surface area (TPSA) is 27.7 Å². The summed E-state index contributed by atoms with van der Waals surface area (Å²) >= 11 is 0. The van der Waals surface area contributed by atoms with Gasteiger partial charge in [0.1, 0.15) is 0 Å².